The highest BCUT2D eigenvalue weighted by atomic mass is 16.5. The van der Waals surface area contributed by atoms with E-state index >= 15 is 0 Å². The van der Waals surface area contributed by atoms with Crippen molar-refractivity contribution in [2.45, 2.75) is 64.7 Å². The van der Waals surface area contributed by atoms with Crippen LogP contribution in [0.15, 0.2) is 212 Å². The van der Waals surface area contributed by atoms with Crippen LogP contribution in [0.4, 0.5) is 22.7 Å². The first kappa shape index (κ1) is 43.7. The van der Waals surface area contributed by atoms with Crippen molar-refractivity contribution in [1.82, 2.24) is 9.55 Å². The number of nitrogens with zero attached hydrogens (tertiary/aromatic N) is 4. The van der Waals surface area contributed by atoms with E-state index in [1.54, 1.807) is 0 Å². The van der Waals surface area contributed by atoms with Crippen LogP contribution in [0.5, 0.6) is 11.5 Å². The Morgan fingerprint density at radius 1 is 0.406 bits per heavy atom. The van der Waals surface area contributed by atoms with Crippen molar-refractivity contribution in [1.29, 1.82) is 0 Å². The van der Waals surface area contributed by atoms with Crippen LogP contribution in [0.1, 0.15) is 76.3 Å². The van der Waals surface area contributed by atoms with Crippen LogP contribution in [0.3, 0.4) is 0 Å². The molecule has 0 unspecified atom stereocenters. The molecule has 0 spiro atoms. The van der Waals surface area contributed by atoms with Crippen LogP contribution in [0, 0.1) is 0 Å². The van der Waals surface area contributed by atoms with Gasteiger partial charge >= 0.3 is 0 Å². The molecule has 10 aromatic rings. The van der Waals surface area contributed by atoms with Crippen molar-refractivity contribution in [3.63, 3.8) is 0 Å². The van der Waals surface area contributed by atoms with Crippen LogP contribution in [0.25, 0.3) is 38.8 Å². The summed E-state index contributed by atoms with van der Waals surface area (Å²) in [5, 5.41) is 2.33. The first-order chi connectivity index (χ1) is 33.3. The minimum atomic E-state index is -0.252. The average molecular weight is 899 g/mol. The lowest BCUT2D eigenvalue weighted by atomic mass is 9.73. The molecule has 0 fully saturated rings. The van der Waals surface area contributed by atoms with E-state index < -0.39 is 0 Å². The second-order valence-electron chi connectivity index (χ2n) is 20.6. The second-order valence-corrected chi connectivity index (χ2v) is 20.6. The fourth-order valence-electron chi connectivity index (χ4n) is 10.2. The Labute approximate surface area is 406 Å². The number of hydrogen-bond acceptors (Lipinski definition) is 4. The number of fused-ring (bicyclic) bond motifs is 4. The van der Waals surface area contributed by atoms with Gasteiger partial charge in [-0.15, -0.1) is 0 Å². The van der Waals surface area contributed by atoms with Gasteiger partial charge in [0.2, 0.25) is 0 Å². The van der Waals surface area contributed by atoms with Crippen molar-refractivity contribution < 1.29 is 4.74 Å². The minimum absolute atomic E-state index is 0.0232. The van der Waals surface area contributed by atoms with E-state index in [0.29, 0.717) is 6.67 Å². The smallest absolute Gasteiger partial charge is 0.137 e. The third-order valence-electron chi connectivity index (χ3n) is 14.4. The highest BCUT2D eigenvalue weighted by Gasteiger charge is 2.33. The van der Waals surface area contributed by atoms with Crippen molar-refractivity contribution >= 4 is 44.6 Å². The molecule has 1 aliphatic heterocycles. The van der Waals surface area contributed by atoms with Gasteiger partial charge in [0.15, 0.2) is 0 Å². The van der Waals surface area contributed by atoms with Gasteiger partial charge in [0.05, 0.1) is 22.4 Å². The van der Waals surface area contributed by atoms with E-state index in [1.807, 2.05) is 6.20 Å². The quantitative estimate of drug-likeness (QED) is 0.137. The van der Waals surface area contributed by atoms with E-state index in [9.17, 15) is 0 Å². The summed E-state index contributed by atoms with van der Waals surface area (Å²) < 4.78 is 9.30. The fraction of sp³-hybridized carbons (Fsp3) is 0.172. The largest absolute Gasteiger partial charge is 0.457 e. The van der Waals surface area contributed by atoms with Crippen LogP contribution in [-0.4, -0.2) is 16.2 Å². The Balaban J connectivity index is 1.02. The molecule has 69 heavy (non-hydrogen) atoms. The van der Waals surface area contributed by atoms with Gasteiger partial charge in [-0.1, -0.05) is 176 Å². The summed E-state index contributed by atoms with van der Waals surface area (Å²) in [6.45, 7) is 16.7. The zero-order valence-electron chi connectivity index (χ0n) is 40.6. The number of para-hydroxylation sites is 3. The summed E-state index contributed by atoms with van der Waals surface area (Å²) in [5.41, 5.74) is 14.7. The van der Waals surface area contributed by atoms with Gasteiger partial charge in [-0.3, -0.25) is 4.57 Å². The summed E-state index contributed by atoms with van der Waals surface area (Å²) in [6, 6.07) is 74.5. The van der Waals surface area contributed by atoms with E-state index in [2.05, 4.69) is 269 Å². The summed E-state index contributed by atoms with van der Waals surface area (Å²) >= 11 is 0. The number of ether oxygens (including phenoxy) is 1. The topological polar surface area (TPSA) is 33.5 Å². The maximum Gasteiger partial charge on any atom is 0.137 e. The molecule has 0 bridgehead atoms. The lowest BCUT2D eigenvalue weighted by molar-refractivity contribution is 0.483. The number of anilines is 4. The van der Waals surface area contributed by atoms with Crippen molar-refractivity contribution in [2.75, 3.05) is 16.5 Å². The molecule has 0 N–H and O–H groups in total. The highest BCUT2D eigenvalue weighted by Crippen LogP contribution is 2.48. The Morgan fingerprint density at radius 2 is 0.957 bits per heavy atom. The van der Waals surface area contributed by atoms with Gasteiger partial charge in [0.1, 0.15) is 24.0 Å². The first-order valence-corrected chi connectivity index (χ1v) is 24.1. The third kappa shape index (κ3) is 8.02. The molecule has 5 heteroatoms. The Morgan fingerprint density at radius 3 is 1.58 bits per heavy atom. The fourth-order valence-corrected chi connectivity index (χ4v) is 10.2. The molecule has 1 aliphatic rings. The molecule has 5 nitrogen and oxygen atoms in total. The summed E-state index contributed by atoms with van der Waals surface area (Å²) in [7, 11) is 0. The molecular weight excluding hydrogens is 841 g/mol. The number of aromatic nitrogens is 2. The molecule has 0 amide bonds. The first-order valence-electron chi connectivity index (χ1n) is 24.1. The molecule has 3 heterocycles. The lowest BCUT2D eigenvalue weighted by Gasteiger charge is -2.33. The molecule has 11 rings (SSSR count). The van der Waals surface area contributed by atoms with E-state index in [4.69, 9.17) is 9.72 Å². The normalized spacial score (nSPS) is 13.0. The summed E-state index contributed by atoms with van der Waals surface area (Å²) in [5.74, 6) is 2.40. The zero-order chi connectivity index (χ0) is 47.5. The Bertz CT molecular complexity index is 3420. The standard InChI is InChI=1S/C64H58N4O/c1-62(2,3)48-33-34-65-61(40-48)68-57-28-18-17-27-55(57)56-32-31-53(42-60(56)68)69-54-36-45(44-21-11-8-12-22-44)35-51(41-54)66-43-67(59-30-20-19-29-58(59)66)52-38-49(63(4,5)46-23-13-9-14-24-46)37-50(39-52)64(6,7)47-25-15-10-16-26-47/h8-42H,43H2,1-7H3. The van der Waals surface area contributed by atoms with Crippen LogP contribution < -0.4 is 14.5 Å². The molecule has 0 saturated carbocycles. The van der Waals surface area contributed by atoms with Gasteiger partial charge in [0.25, 0.3) is 0 Å². The molecule has 8 aromatic carbocycles. The summed E-state index contributed by atoms with van der Waals surface area (Å²) in [4.78, 5) is 9.84. The van der Waals surface area contributed by atoms with Crippen LogP contribution >= 0.6 is 0 Å². The second kappa shape index (κ2) is 17.0. The van der Waals surface area contributed by atoms with Crippen LogP contribution in [-0.2, 0) is 16.2 Å². The van der Waals surface area contributed by atoms with Crippen LogP contribution in [0.2, 0.25) is 0 Å². The molecule has 0 aliphatic carbocycles. The Kier molecular flexibility index (Phi) is 10.8. The maximum absolute atomic E-state index is 7.03. The average Bonchev–Trinajstić information content (AvgIpc) is 3.93. The zero-order valence-corrected chi connectivity index (χ0v) is 40.6. The van der Waals surface area contributed by atoms with Gasteiger partial charge < -0.3 is 14.5 Å². The van der Waals surface area contributed by atoms with E-state index in [-0.39, 0.29) is 16.2 Å². The van der Waals surface area contributed by atoms with Gasteiger partial charge in [-0.05, 0) is 111 Å². The van der Waals surface area contributed by atoms with E-state index in [1.165, 1.54) is 33.2 Å². The highest BCUT2D eigenvalue weighted by molar-refractivity contribution is 6.09. The number of rotatable bonds is 10. The molecule has 0 radical (unpaired) electrons. The Hall–Kier alpha value is -7.89. The molecule has 0 saturated heterocycles. The summed E-state index contributed by atoms with van der Waals surface area (Å²) in [6.07, 6.45) is 1.93. The predicted molar refractivity (Wildman–Crippen MR) is 288 cm³/mol. The number of hydrogen-bond donors (Lipinski definition) is 0. The number of pyridine rings is 1. The van der Waals surface area contributed by atoms with Crippen molar-refractivity contribution in [3.8, 4) is 28.4 Å². The molecule has 340 valence electrons. The lowest BCUT2D eigenvalue weighted by Crippen LogP contribution is -2.27. The maximum atomic E-state index is 7.03. The molecule has 0 atom stereocenters. The molecule has 2 aromatic heterocycles. The third-order valence-corrected chi connectivity index (χ3v) is 14.4. The van der Waals surface area contributed by atoms with Gasteiger partial charge in [0, 0.05) is 51.3 Å². The predicted octanol–water partition coefficient (Wildman–Crippen LogP) is 16.8. The minimum Gasteiger partial charge on any atom is -0.457 e. The number of benzene rings is 8. The van der Waals surface area contributed by atoms with E-state index in [0.717, 1.165) is 67.6 Å². The van der Waals surface area contributed by atoms with Gasteiger partial charge in [-0.25, -0.2) is 4.98 Å². The van der Waals surface area contributed by atoms with Crippen molar-refractivity contribution in [2.24, 2.45) is 0 Å². The monoisotopic (exact) mass is 898 g/mol. The molecular formula is C64H58N4O. The van der Waals surface area contributed by atoms with Gasteiger partial charge in [-0.2, -0.15) is 0 Å². The van der Waals surface area contributed by atoms with Crippen molar-refractivity contribution in [3.05, 3.63) is 240 Å². The SMILES string of the molecule is CC(C)(C)c1ccnc(-n2c3ccccc3c3ccc(Oc4cc(-c5ccccc5)cc(N5CN(c6cc(C(C)(C)c7ccccc7)cc(C(C)(C)c7ccccc7)c6)c6ccccc65)c4)cc32)c1.